The molecule has 4 heteroatoms. The Morgan fingerprint density at radius 2 is 2.33 bits per heavy atom. The Morgan fingerprint density at radius 1 is 1.50 bits per heavy atom. The van der Waals surface area contributed by atoms with Crippen LogP contribution < -0.4 is 0 Å². The van der Waals surface area contributed by atoms with Gasteiger partial charge in [-0.3, -0.25) is 0 Å². The number of alkyl halides is 1. The Morgan fingerprint density at radius 3 is 3.08 bits per heavy atom. The first-order chi connectivity index (χ1) is 5.81. The summed E-state index contributed by atoms with van der Waals surface area (Å²) in [6.45, 7) is 0. The normalized spacial score (nSPS) is 10.8. The van der Waals surface area contributed by atoms with Crippen LogP contribution in [0.25, 0.3) is 11.0 Å². The molecule has 1 aromatic heterocycles. The van der Waals surface area contributed by atoms with Gasteiger partial charge in [0.05, 0.1) is 17.4 Å². The van der Waals surface area contributed by atoms with E-state index in [9.17, 15) is 0 Å². The third kappa shape index (κ3) is 1.31. The number of fused-ring (bicyclic) bond motifs is 1. The number of nitrogens with one attached hydrogen (secondary N) is 1. The highest BCUT2D eigenvalue weighted by molar-refractivity contribution is 14.1. The lowest BCUT2D eigenvalue weighted by Gasteiger charge is -1.97. The Labute approximate surface area is 88.5 Å². The lowest BCUT2D eigenvalue weighted by atomic mass is 10.2. The molecule has 1 N–H and O–H groups in total. The fraction of sp³-hybridized carbons (Fsp3) is 0.125. The minimum Gasteiger partial charge on any atom is -0.345 e. The fourth-order valence-electron chi connectivity index (χ4n) is 1.19. The van der Waals surface area contributed by atoms with Crippen LogP contribution in [-0.2, 0) is 5.88 Å². The van der Waals surface area contributed by atoms with Crippen molar-refractivity contribution >= 4 is 45.2 Å². The van der Waals surface area contributed by atoms with Crippen LogP contribution in [0.3, 0.4) is 0 Å². The average molecular weight is 293 g/mol. The molecule has 0 atom stereocenters. The van der Waals surface area contributed by atoms with Crippen LogP contribution in [0.2, 0.25) is 0 Å². The van der Waals surface area contributed by atoms with Crippen LogP contribution in [0.5, 0.6) is 0 Å². The van der Waals surface area contributed by atoms with E-state index in [0.717, 1.165) is 16.6 Å². The first kappa shape index (κ1) is 8.31. The van der Waals surface area contributed by atoms with Gasteiger partial charge in [0.15, 0.2) is 0 Å². The fourth-order valence-corrected chi connectivity index (χ4v) is 2.08. The van der Waals surface area contributed by atoms with E-state index in [1.165, 1.54) is 3.57 Å². The van der Waals surface area contributed by atoms with E-state index in [1.807, 2.05) is 0 Å². The molecule has 2 nitrogen and oxygen atoms in total. The maximum atomic E-state index is 5.78. The van der Waals surface area contributed by atoms with Crippen LogP contribution in [0.4, 0.5) is 0 Å². The molecule has 0 aliphatic heterocycles. The minimum absolute atomic E-state index is 0.512. The van der Waals surface area contributed by atoms with Crippen molar-refractivity contribution in [3.05, 3.63) is 27.6 Å². The van der Waals surface area contributed by atoms with Crippen molar-refractivity contribution < 1.29 is 0 Å². The number of H-pyrrole nitrogens is 1. The highest BCUT2D eigenvalue weighted by Gasteiger charge is 2.03. The molecule has 62 valence electrons. The van der Waals surface area contributed by atoms with Crippen molar-refractivity contribution in [2.45, 2.75) is 5.88 Å². The Hall–Kier alpha value is -0.290. The van der Waals surface area contributed by atoms with Gasteiger partial charge in [-0.25, -0.2) is 4.98 Å². The summed E-state index contributed by atoms with van der Waals surface area (Å²) in [5.41, 5.74) is 3.11. The first-order valence-corrected chi connectivity index (χ1v) is 5.10. The third-order valence-electron chi connectivity index (χ3n) is 1.71. The smallest absolute Gasteiger partial charge is 0.0932 e. The van der Waals surface area contributed by atoms with Crippen molar-refractivity contribution in [2.75, 3.05) is 0 Å². The number of nitrogens with zero attached hydrogens (tertiary/aromatic N) is 1. The summed E-state index contributed by atoms with van der Waals surface area (Å²) < 4.78 is 1.18. The lowest BCUT2D eigenvalue weighted by molar-refractivity contribution is 1.33. The number of imidazole rings is 1. The second-order valence-corrected chi connectivity index (χ2v) is 4.01. The molecule has 2 rings (SSSR count). The number of aromatic nitrogens is 2. The van der Waals surface area contributed by atoms with E-state index in [1.54, 1.807) is 6.33 Å². The zero-order chi connectivity index (χ0) is 8.55. The van der Waals surface area contributed by atoms with E-state index >= 15 is 0 Å². The van der Waals surface area contributed by atoms with Gasteiger partial charge in [-0.1, -0.05) is 0 Å². The molecule has 0 aliphatic carbocycles. The van der Waals surface area contributed by atoms with Crippen molar-refractivity contribution in [1.82, 2.24) is 9.97 Å². The van der Waals surface area contributed by atoms with Gasteiger partial charge in [0.2, 0.25) is 0 Å². The summed E-state index contributed by atoms with van der Waals surface area (Å²) in [4.78, 5) is 7.25. The molecule has 0 amide bonds. The highest BCUT2D eigenvalue weighted by atomic mass is 127. The van der Waals surface area contributed by atoms with Crippen LogP contribution in [-0.4, -0.2) is 9.97 Å². The molecule has 0 saturated carbocycles. The molecule has 0 saturated heterocycles. The van der Waals surface area contributed by atoms with E-state index in [2.05, 4.69) is 44.7 Å². The van der Waals surface area contributed by atoms with Crippen molar-refractivity contribution in [2.24, 2.45) is 0 Å². The zero-order valence-electron chi connectivity index (χ0n) is 6.14. The number of rotatable bonds is 1. The van der Waals surface area contributed by atoms with Gasteiger partial charge in [-0.15, -0.1) is 11.6 Å². The van der Waals surface area contributed by atoms with Gasteiger partial charge in [0.25, 0.3) is 0 Å². The van der Waals surface area contributed by atoms with Crippen molar-refractivity contribution in [1.29, 1.82) is 0 Å². The topological polar surface area (TPSA) is 28.7 Å². The van der Waals surface area contributed by atoms with E-state index in [-0.39, 0.29) is 0 Å². The maximum absolute atomic E-state index is 5.78. The summed E-state index contributed by atoms with van der Waals surface area (Å²) in [6, 6.07) is 4.11. The number of halogens is 2. The summed E-state index contributed by atoms with van der Waals surface area (Å²) in [5.74, 6) is 0.512. The maximum Gasteiger partial charge on any atom is 0.0932 e. The number of aromatic amines is 1. The molecule has 0 fully saturated rings. The number of hydrogen-bond acceptors (Lipinski definition) is 1. The van der Waals surface area contributed by atoms with Gasteiger partial charge in [0, 0.05) is 9.45 Å². The Balaban J connectivity index is 2.80. The summed E-state index contributed by atoms with van der Waals surface area (Å²) in [6.07, 6.45) is 1.69. The molecule has 1 heterocycles. The van der Waals surface area contributed by atoms with Crippen LogP contribution >= 0.6 is 34.2 Å². The molecule has 0 bridgehead atoms. The van der Waals surface area contributed by atoms with Crippen LogP contribution in [0.1, 0.15) is 5.56 Å². The monoisotopic (exact) mass is 292 g/mol. The molecule has 2 aromatic rings. The highest BCUT2D eigenvalue weighted by Crippen LogP contribution is 2.20. The number of hydrogen-bond donors (Lipinski definition) is 1. The first-order valence-electron chi connectivity index (χ1n) is 3.48. The molecule has 0 radical (unpaired) electrons. The molecule has 0 spiro atoms. The predicted molar refractivity (Wildman–Crippen MR) is 58.4 cm³/mol. The average Bonchev–Trinajstić information content (AvgIpc) is 2.50. The van der Waals surface area contributed by atoms with Crippen LogP contribution in [0, 0.1) is 3.57 Å². The second-order valence-electron chi connectivity index (χ2n) is 2.50. The van der Waals surface area contributed by atoms with Gasteiger partial charge in [0.1, 0.15) is 0 Å². The van der Waals surface area contributed by atoms with Gasteiger partial charge in [-0.05, 0) is 40.3 Å². The Kier molecular flexibility index (Phi) is 2.23. The largest absolute Gasteiger partial charge is 0.345 e. The lowest BCUT2D eigenvalue weighted by Crippen LogP contribution is -1.83. The molecule has 1 aromatic carbocycles. The SMILES string of the molecule is ClCc1cc(I)cc2[nH]cnc12. The second kappa shape index (κ2) is 3.22. The molecule has 12 heavy (non-hydrogen) atoms. The summed E-state index contributed by atoms with van der Waals surface area (Å²) in [5, 5.41) is 0. The van der Waals surface area contributed by atoms with Crippen molar-refractivity contribution in [3.63, 3.8) is 0 Å². The summed E-state index contributed by atoms with van der Waals surface area (Å²) in [7, 11) is 0. The minimum atomic E-state index is 0.512. The number of benzene rings is 1. The molecular formula is C8H6ClIN2. The predicted octanol–water partition coefficient (Wildman–Crippen LogP) is 2.91. The van der Waals surface area contributed by atoms with Gasteiger partial charge < -0.3 is 4.98 Å². The molecule has 0 aliphatic rings. The summed E-state index contributed by atoms with van der Waals surface area (Å²) >= 11 is 8.05. The van der Waals surface area contributed by atoms with E-state index < -0.39 is 0 Å². The molecule has 0 unspecified atom stereocenters. The van der Waals surface area contributed by atoms with E-state index in [4.69, 9.17) is 11.6 Å². The third-order valence-corrected chi connectivity index (χ3v) is 2.62. The van der Waals surface area contributed by atoms with Crippen molar-refractivity contribution in [3.8, 4) is 0 Å². The molecular weight excluding hydrogens is 286 g/mol. The van der Waals surface area contributed by atoms with E-state index in [0.29, 0.717) is 5.88 Å². The quantitative estimate of drug-likeness (QED) is 0.635. The standard InChI is InChI=1S/C8H6ClIN2/c9-3-5-1-6(10)2-7-8(5)12-4-11-7/h1-2,4H,3H2,(H,11,12). The van der Waals surface area contributed by atoms with Gasteiger partial charge in [-0.2, -0.15) is 0 Å². The van der Waals surface area contributed by atoms with Gasteiger partial charge >= 0.3 is 0 Å². The zero-order valence-corrected chi connectivity index (χ0v) is 9.06. The van der Waals surface area contributed by atoms with Crippen LogP contribution in [0.15, 0.2) is 18.5 Å². The Bertz CT molecular complexity index is 410.